The summed E-state index contributed by atoms with van der Waals surface area (Å²) < 4.78 is 18.6. The first-order valence-corrected chi connectivity index (χ1v) is 6.99. The van der Waals surface area contributed by atoms with Gasteiger partial charge in [0.1, 0.15) is 5.69 Å². The molecule has 1 aromatic carbocycles. The van der Waals surface area contributed by atoms with Gasteiger partial charge in [0, 0.05) is 25.7 Å². The number of nitrogens with zero attached hydrogens (tertiary/aromatic N) is 2. The van der Waals surface area contributed by atoms with Crippen LogP contribution in [-0.4, -0.2) is 38.2 Å². The lowest BCUT2D eigenvalue weighted by Crippen LogP contribution is -2.42. The third kappa shape index (κ3) is 3.60. The third-order valence-electron chi connectivity index (χ3n) is 3.76. The van der Waals surface area contributed by atoms with E-state index in [2.05, 4.69) is 5.32 Å². The summed E-state index contributed by atoms with van der Waals surface area (Å²) in [4.78, 5) is 12.3. The molecule has 1 aromatic rings. The van der Waals surface area contributed by atoms with Crippen molar-refractivity contribution in [3.8, 4) is 5.75 Å². The third-order valence-corrected chi connectivity index (χ3v) is 3.76. The Balaban J connectivity index is 2.24. The molecule has 0 saturated carbocycles. The minimum Gasteiger partial charge on any atom is -0.494 e. The predicted octanol–water partition coefficient (Wildman–Crippen LogP) is 2.32. The first-order chi connectivity index (χ1) is 10.0. The number of halogens is 1. The molecule has 0 spiro atoms. The minimum atomic E-state index is -0.725. The van der Waals surface area contributed by atoms with Crippen molar-refractivity contribution in [3.05, 3.63) is 28.1 Å². The van der Waals surface area contributed by atoms with Gasteiger partial charge in [-0.05, 0) is 19.4 Å². The molecule has 116 valence electrons. The van der Waals surface area contributed by atoms with Gasteiger partial charge in [0.25, 0.3) is 5.69 Å². The Kier molecular flexibility index (Phi) is 4.95. The molecule has 1 heterocycles. The fraction of sp³-hybridized carbons (Fsp3) is 0.571. The van der Waals surface area contributed by atoms with E-state index >= 15 is 0 Å². The topological polar surface area (TPSA) is 67.6 Å². The van der Waals surface area contributed by atoms with Crippen LogP contribution in [0.2, 0.25) is 0 Å². The standard InChI is InChI=1S/C14H20FN3O3/c1-17(9-10-5-3-4-6-16-10)12-8-14(21-2)11(15)7-13(12)18(19)20/h7-8,10,16H,3-6,9H2,1-2H3. The molecule has 1 saturated heterocycles. The van der Waals surface area contributed by atoms with Gasteiger partial charge in [-0.15, -0.1) is 0 Å². The average Bonchev–Trinajstić information content (AvgIpc) is 2.47. The molecule has 2 rings (SSSR count). The lowest BCUT2D eigenvalue weighted by atomic mass is 10.0. The lowest BCUT2D eigenvalue weighted by Gasteiger charge is -2.29. The molecule has 0 aliphatic carbocycles. The summed E-state index contributed by atoms with van der Waals surface area (Å²) in [6, 6.07) is 2.59. The summed E-state index contributed by atoms with van der Waals surface area (Å²) in [7, 11) is 3.12. The van der Waals surface area contributed by atoms with Crippen LogP contribution in [0.3, 0.4) is 0 Å². The van der Waals surface area contributed by atoms with Crippen LogP contribution in [0.15, 0.2) is 12.1 Å². The lowest BCUT2D eigenvalue weighted by molar-refractivity contribution is -0.384. The number of anilines is 1. The van der Waals surface area contributed by atoms with Crippen LogP contribution < -0.4 is 15.0 Å². The molecule has 1 aliphatic rings. The van der Waals surface area contributed by atoms with Crippen molar-refractivity contribution in [2.24, 2.45) is 0 Å². The monoisotopic (exact) mass is 297 g/mol. The summed E-state index contributed by atoms with van der Waals surface area (Å²) in [6.07, 6.45) is 3.35. The van der Waals surface area contributed by atoms with E-state index in [1.54, 1.807) is 11.9 Å². The van der Waals surface area contributed by atoms with Crippen molar-refractivity contribution in [1.82, 2.24) is 5.32 Å². The second-order valence-electron chi connectivity index (χ2n) is 5.26. The van der Waals surface area contributed by atoms with E-state index in [1.165, 1.54) is 13.2 Å². The molecule has 1 N–H and O–H groups in total. The number of nitro benzene ring substituents is 1. The van der Waals surface area contributed by atoms with Crippen LogP contribution in [0, 0.1) is 15.9 Å². The minimum absolute atomic E-state index is 0.0130. The fourth-order valence-corrected chi connectivity index (χ4v) is 2.65. The SMILES string of the molecule is COc1cc(N(C)CC2CCCCN2)c([N+](=O)[O-])cc1F. The molecule has 7 heteroatoms. The van der Waals surface area contributed by atoms with E-state index in [0.717, 1.165) is 31.9 Å². The number of hydrogen-bond donors (Lipinski definition) is 1. The van der Waals surface area contributed by atoms with Gasteiger partial charge in [-0.25, -0.2) is 4.39 Å². The van der Waals surface area contributed by atoms with Gasteiger partial charge in [0.15, 0.2) is 11.6 Å². The summed E-state index contributed by atoms with van der Waals surface area (Å²) in [6.45, 7) is 1.60. The number of benzene rings is 1. The predicted molar refractivity (Wildman–Crippen MR) is 78.5 cm³/mol. The smallest absolute Gasteiger partial charge is 0.295 e. The molecular weight excluding hydrogens is 277 g/mol. The highest BCUT2D eigenvalue weighted by atomic mass is 19.1. The number of hydrogen-bond acceptors (Lipinski definition) is 5. The maximum atomic E-state index is 13.7. The second kappa shape index (κ2) is 6.71. The number of methoxy groups -OCH3 is 1. The number of nitrogens with one attached hydrogen (secondary N) is 1. The maximum absolute atomic E-state index is 13.7. The summed E-state index contributed by atoms with van der Waals surface area (Å²) in [5.74, 6) is -0.712. The van der Waals surface area contributed by atoms with Crippen molar-refractivity contribution < 1.29 is 14.1 Å². The Bertz CT molecular complexity index is 518. The van der Waals surface area contributed by atoms with Gasteiger partial charge in [0.05, 0.1) is 18.1 Å². The van der Waals surface area contributed by atoms with Crippen molar-refractivity contribution in [2.45, 2.75) is 25.3 Å². The summed E-state index contributed by atoms with van der Waals surface area (Å²) >= 11 is 0. The zero-order chi connectivity index (χ0) is 15.4. The molecule has 0 aromatic heterocycles. The Morgan fingerprint density at radius 2 is 2.29 bits per heavy atom. The number of ether oxygens (including phenoxy) is 1. The van der Waals surface area contributed by atoms with Gasteiger partial charge < -0.3 is 15.0 Å². The van der Waals surface area contributed by atoms with Crippen LogP contribution >= 0.6 is 0 Å². The highest BCUT2D eigenvalue weighted by Gasteiger charge is 2.24. The van der Waals surface area contributed by atoms with E-state index in [1.807, 2.05) is 0 Å². The first-order valence-electron chi connectivity index (χ1n) is 6.99. The second-order valence-corrected chi connectivity index (χ2v) is 5.26. The molecule has 21 heavy (non-hydrogen) atoms. The van der Waals surface area contributed by atoms with E-state index < -0.39 is 10.7 Å². The van der Waals surface area contributed by atoms with Crippen LogP contribution in [0.25, 0.3) is 0 Å². The number of likely N-dealkylation sites (N-methyl/N-ethyl adjacent to an activating group) is 1. The molecule has 6 nitrogen and oxygen atoms in total. The average molecular weight is 297 g/mol. The zero-order valence-electron chi connectivity index (χ0n) is 12.3. The van der Waals surface area contributed by atoms with Crippen LogP contribution in [0.1, 0.15) is 19.3 Å². The summed E-state index contributed by atoms with van der Waals surface area (Å²) in [5, 5.41) is 14.5. The zero-order valence-corrected chi connectivity index (χ0v) is 12.3. The van der Waals surface area contributed by atoms with Crippen molar-refractivity contribution in [3.63, 3.8) is 0 Å². The van der Waals surface area contributed by atoms with Gasteiger partial charge >= 0.3 is 0 Å². The van der Waals surface area contributed by atoms with Crippen molar-refractivity contribution in [2.75, 3.05) is 32.1 Å². The number of piperidine rings is 1. The molecule has 1 unspecified atom stereocenters. The molecule has 1 aliphatic heterocycles. The Morgan fingerprint density at radius 3 is 2.86 bits per heavy atom. The quantitative estimate of drug-likeness (QED) is 0.667. The van der Waals surface area contributed by atoms with Crippen molar-refractivity contribution in [1.29, 1.82) is 0 Å². The van der Waals surface area contributed by atoms with Gasteiger partial charge in [-0.2, -0.15) is 0 Å². The van der Waals surface area contributed by atoms with Gasteiger partial charge in [0.2, 0.25) is 0 Å². The van der Waals surface area contributed by atoms with Gasteiger partial charge in [-0.1, -0.05) is 6.42 Å². The molecule has 0 amide bonds. The van der Waals surface area contributed by atoms with Gasteiger partial charge in [-0.3, -0.25) is 10.1 Å². The van der Waals surface area contributed by atoms with Crippen LogP contribution in [0.5, 0.6) is 5.75 Å². The van der Waals surface area contributed by atoms with E-state index in [-0.39, 0.29) is 11.4 Å². The highest BCUT2D eigenvalue weighted by molar-refractivity contribution is 5.66. The Morgan fingerprint density at radius 1 is 1.52 bits per heavy atom. The summed E-state index contributed by atoms with van der Waals surface area (Å²) in [5.41, 5.74) is 0.122. The Hall–Kier alpha value is -1.89. The Labute approximate surface area is 123 Å². The normalized spacial score (nSPS) is 18.3. The van der Waals surface area contributed by atoms with E-state index in [4.69, 9.17) is 4.74 Å². The molecule has 0 radical (unpaired) electrons. The highest BCUT2D eigenvalue weighted by Crippen LogP contribution is 2.34. The van der Waals surface area contributed by atoms with Crippen LogP contribution in [-0.2, 0) is 0 Å². The maximum Gasteiger partial charge on any atom is 0.295 e. The van der Waals surface area contributed by atoms with Crippen molar-refractivity contribution >= 4 is 11.4 Å². The first kappa shape index (κ1) is 15.5. The fourth-order valence-electron chi connectivity index (χ4n) is 2.65. The van der Waals surface area contributed by atoms with E-state index in [0.29, 0.717) is 18.3 Å². The number of nitro groups is 1. The molecular formula is C14H20FN3O3. The molecule has 1 atom stereocenters. The molecule has 1 fully saturated rings. The molecule has 0 bridgehead atoms. The number of rotatable bonds is 5. The van der Waals surface area contributed by atoms with Crippen LogP contribution in [0.4, 0.5) is 15.8 Å². The largest absolute Gasteiger partial charge is 0.494 e. The van der Waals surface area contributed by atoms with E-state index in [9.17, 15) is 14.5 Å².